The number of hydrogen-bond acceptors (Lipinski definition) is 2. The van der Waals surface area contributed by atoms with Crippen molar-refractivity contribution in [1.29, 1.82) is 0 Å². The van der Waals surface area contributed by atoms with Gasteiger partial charge in [0.05, 0.1) is 12.2 Å². The largest absolute Gasteiger partial charge is 0.392 e. The van der Waals surface area contributed by atoms with Crippen molar-refractivity contribution in [2.45, 2.75) is 77.2 Å². The summed E-state index contributed by atoms with van der Waals surface area (Å²) in [5.41, 5.74) is 1.13. The second-order valence-electron chi connectivity index (χ2n) is 8.78. The summed E-state index contributed by atoms with van der Waals surface area (Å²) in [5, 5.41) is 21.2. The minimum absolute atomic E-state index is 0.114. The van der Waals surface area contributed by atoms with Crippen LogP contribution in [0.3, 0.4) is 0 Å². The number of rotatable bonds is 0. The Hall–Kier alpha value is -0.410. The monoisotopic (exact) mass is 308 g/mol. The summed E-state index contributed by atoms with van der Waals surface area (Å²) in [6.07, 6.45) is 6.81. The van der Waals surface area contributed by atoms with Gasteiger partial charge in [-0.15, -0.1) is 0 Å². The Morgan fingerprint density at radius 2 is 1.91 bits per heavy atom. The molecule has 3 heteroatoms. The summed E-state index contributed by atoms with van der Waals surface area (Å²) in [7, 11) is 0. The number of allylic oxidation sites excluding steroid dienone is 2. The van der Waals surface area contributed by atoms with Crippen LogP contribution in [0.5, 0.6) is 0 Å². The second-order valence-corrected chi connectivity index (χ2v) is 8.78. The van der Waals surface area contributed by atoms with Gasteiger partial charge in [0.15, 0.2) is 0 Å². The lowest BCUT2D eigenvalue weighted by Gasteiger charge is -2.58. The van der Waals surface area contributed by atoms with E-state index in [1.54, 1.807) is 5.57 Å². The van der Waals surface area contributed by atoms with Crippen molar-refractivity contribution in [2.75, 3.05) is 0 Å². The second kappa shape index (κ2) is 4.80. The molecule has 4 aliphatic rings. The molecule has 3 unspecified atom stereocenters. The summed E-state index contributed by atoms with van der Waals surface area (Å²) < 4.78 is 14.2. The fourth-order valence-corrected chi connectivity index (χ4v) is 6.62. The van der Waals surface area contributed by atoms with E-state index in [9.17, 15) is 14.6 Å². The van der Waals surface area contributed by atoms with Crippen LogP contribution in [-0.2, 0) is 0 Å². The number of alkyl halides is 1. The van der Waals surface area contributed by atoms with Crippen molar-refractivity contribution >= 4 is 0 Å². The lowest BCUT2D eigenvalue weighted by atomic mass is 9.47. The summed E-state index contributed by atoms with van der Waals surface area (Å²) >= 11 is 0. The molecule has 0 aromatic rings. The Kier molecular flexibility index (Phi) is 3.30. The molecule has 0 amide bonds. The molecule has 2 N–H and O–H groups in total. The Labute approximate surface area is 132 Å². The molecule has 3 fully saturated rings. The van der Waals surface area contributed by atoms with Gasteiger partial charge in [-0.05, 0) is 61.7 Å². The average molecular weight is 308 g/mol. The highest BCUT2D eigenvalue weighted by Gasteiger charge is 2.64. The van der Waals surface area contributed by atoms with Crippen LogP contribution in [0.1, 0.15) is 58.8 Å². The van der Waals surface area contributed by atoms with Gasteiger partial charge in [-0.2, -0.15) is 0 Å². The van der Waals surface area contributed by atoms with E-state index in [0.717, 1.165) is 12.8 Å². The highest BCUT2D eigenvalue weighted by Crippen LogP contribution is 2.65. The first kappa shape index (κ1) is 15.1. The standard InChI is InChI=1S/C19H29FO2/c1-18-8-4-3-5-11(18)6-7-12-13(18)10-16(21)19(2)14(12)9-15(20)17(19)22/h6,12-17,21-22H,3-5,7-10H2,1-2H3/t12-,13-,14+,15?,16?,17?,18+,19-/m1/s1. The number of fused-ring (bicyclic) bond motifs is 5. The van der Waals surface area contributed by atoms with Crippen molar-refractivity contribution in [2.24, 2.45) is 28.6 Å². The van der Waals surface area contributed by atoms with Gasteiger partial charge in [0, 0.05) is 5.41 Å². The first-order valence-electron chi connectivity index (χ1n) is 9.08. The van der Waals surface area contributed by atoms with Crippen LogP contribution in [0.2, 0.25) is 0 Å². The minimum Gasteiger partial charge on any atom is -0.392 e. The van der Waals surface area contributed by atoms with Crippen molar-refractivity contribution in [3.05, 3.63) is 11.6 Å². The molecule has 0 saturated heterocycles. The Balaban J connectivity index is 1.74. The molecule has 0 bridgehead atoms. The van der Waals surface area contributed by atoms with Gasteiger partial charge in [-0.25, -0.2) is 4.39 Å². The van der Waals surface area contributed by atoms with Crippen LogP contribution in [-0.4, -0.2) is 28.6 Å². The lowest BCUT2D eigenvalue weighted by Crippen LogP contribution is -2.57. The first-order chi connectivity index (χ1) is 10.4. The lowest BCUT2D eigenvalue weighted by molar-refractivity contribution is -0.148. The van der Waals surface area contributed by atoms with Gasteiger partial charge in [0.1, 0.15) is 6.17 Å². The molecule has 4 aliphatic carbocycles. The zero-order valence-electron chi connectivity index (χ0n) is 13.8. The predicted molar refractivity (Wildman–Crippen MR) is 84.0 cm³/mol. The molecule has 0 aromatic heterocycles. The topological polar surface area (TPSA) is 40.5 Å². The quantitative estimate of drug-likeness (QED) is 0.671. The zero-order chi connectivity index (χ0) is 15.7. The van der Waals surface area contributed by atoms with Crippen LogP contribution in [0.15, 0.2) is 11.6 Å². The Bertz CT molecular complexity index is 504. The molecule has 124 valence electrons. The van der Waals surface area contributed by atoms with Crippen LogP contribution in [0.25, 0.3) is 0 Å². The molecule has 0 spiro atoms. The van der Waals surface area contributed by atoms with E-state index in [0.29, 0.717) is 18.3 Å². The summed E-state index contributed by atoms with van der Waals surface area (Å²) in [6, 6.07) is 0. The highest BCUT2D eigenvalue weighted by atomic mass is 19.1. The Morgan fingerprint density at radius 3 is 2.68 bits per heavy atom. The zero-order valence-corrected chi connectivity index (χ0v) is 13.8. The van der Waals surface area contributed by atoms with E-state index in [-0.39, 0.29) is 11.3 Å². The van der Waals surface area contributed by atoms with Gasteiger partial charge >= 0.3 is 0 Å². The van der Waals surface area contributed by atoms with E-state index in [2.05, 4.69) is 13.0 Å². The molecule has 3 saturated carbocycles. The van der Waals surface area contributed by atoms with E-state index in [1.165, 1.54) is 25.7 Å². The Morgan fingerprint density at radius 1 is 1.14 bits per heavy atom. The molecule has 2 nitrogen and oxygen atoms in total. The van der Waals surface area contributed by atoms with Gasteiger partial charge in [-0.1, -0.05) is 31.9 Å². The van der Waals surface area contributed by atoms with Gasteiger partial charge < -0.3 is 10.2 Å². The van der Waals surface area contributed by atoms with Crippen LogP contribution >= 0.6 is 0 Å². The summed E-state index contributed by atoms with van der Waals surface area (Å²) in [6.45, 7) is 4.30. The molecule has 22 heavy (non-hydrogen) atoms. The minimum atomic E-state index is -1.17. The average Bonchev–Trinajstić information content (AvgIpc) is 2.73. The SMILES string of the molecule is C[C@]12C(O)C[C@@H]3[C@@H](CC=C4CCCC[C@@]43C)[C@@H]1CC(F)C2O. The van der Waals surface area contributed by atoms with E-state index in [1.807, 2.05) is 6.92 Å². The molecule has 0 aliphatic heterocycles. The van der Waals surface area contributed by atoms with E-state index >= 15 is 0 Å². The molecule has 8 atom stereocenters. The summed E-state index contributed by atoms with van der Waals surface area (Å²) in [5.74, 6) is 0.997. The third kappa shape index (κ3) is 1.73. The molecule has 0 radical (unpaired) electrons. The molecular weight excluding hydrogens is 279 g/mol. The van der Waals surface area contributed by atoms with Crippen LogP contribution in [0, 0.1) is 28.6 Å². The molecular formula is C19H29FO2. The fourth-order valence-electron chi connectivity index (χ4n) is 6.62. The smallest absolute Gasteiger partial charge is 0.127 e. The van der Waals surface area contributed by atoms with Gasteiger partial charge in [0.25, 0.3) is 0 Å². The molecule has 0 aromatic carbocycles. The van der Waals surface area contributed by atoms with Crippen molar-refractivity contribution in [3.8, 4) is 0 Å². The maximum atomic E-state index is 14.2. The van der Waals surface area contributed by atoms with Crippen molar-refractivity contribution in [3.63, 3.8) is 0 Å². The van der Waals surface area contributed by atoms with Gasteiger partial charge in [0.2, 0.25) is 0 Å². The van der Waals surface area contributed by atoms with E-state index < -0.39 is 23.8 Å². The normalized spacial score (nSPS) is 57.6. The van der Waals surface area contributed by atoms with Crippen molar-refractivity contribution < 1.29 is 14.6 Å². The van der Waals surface area contributed by atoms with Crippen LogP contribution < -0.4 is 0 Å². The van der Waals surface area contributed by atoms with Gasteiger partial charge in [-0.3, -0.25) is 0 Å². The maximum absolute atomic E-state index is 14.2. The highest BCUT2D eigenvalue weighted by molar-refractivity contribution is 5.25. The number of hydrogen-bond donors (Lipinski definition) is 2. The summed E-state index contributed by atoms with van der Waals surface area (Å²) in [4.78, 5) is 0. The fraction of sp³-hybridized carbons (Fsp3) is 0.895. The number of aliphatic hydroxyl groups excluding tert-OH is 2. The third-order valence-electron chi connectivity index (χ3n) is 8.07. The van der Waals surface area contributed by atoms with E-state index in [4.69, 9.17) is 0 Å². The maximum Gasteiger partial charge on any atom is 0.127 e. The van der Waals surface area contributed by atoms with Crippen LogP contribution in [0.4, 0.5) is 4.39 Å². The first-order valence-corrected chi connectivity index (χ1v) is 9.08. The van der Waals surface area contributed by atoms with Crippen molar-refractivity contribution in [1.82, 2.24) is 0 Å². The molecule has 0 heterocycles. The number of aliphatic hydroxyl groups is 2. The predicted octanol–water partition coefficient (Wildman–Crippen LogP) is 3.62. The molecule has 4 rings (SSSR count). The third-order valence-corrected chi connectivity index (χ3v) is 8.07. The number of halogens is 1.